The summed E-state index contributed by atoms with van der Waals surface area (Å²) in [5, 5.41) is 0. The maximum atomic E-state index is 14.5. The van der Waals surface area contributed by atoms with Gasteiger partial charge in [-0.1, -0.05) is 30.3 Å². The molecule has 0 aromatic heterocycles. The summed E-state index contributed by atoms with van der Waals surface area (Å²) >= 11 is 0. The molecular formula is C31H27F9N2O5S. The van der Waals surface area contributed by atoms with Gasteiger partial charge in [0.2, 0.25) is 0 Å². The molecule has 48 heavy (non-hydrogen) atoms. The Hall–Kier alpha value is -3.83. The Bertz CT molecular complexity index is 1710. The van der Waals surface area contributed by atoms with Crippen molar-refractivity contribution in [3.8, 4) is 0 Å². The highest BCUT2D eigenvalue weighted by molar-refractivity contribution is 7.92. The van der Waals surface area contributed by atoms with Crippen molar-refractivity contribution in [2.75, 3.05) is 39.4 Å². The highest BCUT2D eigenvalue weighted by atomic mass is 32.2. The molecule has 260 valence electrons. The third-order valence-corrected chi connectivity index (χ3v) is 11.0. The molecule has 2 aliphatic heterocycles. The lowest BCUT2D eigenvalue weighted by Gasteiger charge is -2.38. The molecule has 1 atom stereocenters. The zero-order valence-electron chi connectivity index (χ0n) is 24.8. The van der Waals surface area contributed by atoms with Gasteiger partial charge in [0.1, 0.15) is 22.2 Å². The highest BCUT2D eigenvalue weighted by Gasteiger charge is 2.73. The largest absolute Gasteiger partial charge is 0.430 e. The van der Waals surface area contributed by atoms with E-state index in [1.807, 2.05) is 0 Å². The number of likely N-dealkylation sites (tertiary alicyclic amines) is 1. The third kappa shape index (κ3) is 6.11. The van der Waals surface area contributed by atoms with E-state index in [1.165, 1.54) is 9.80 Å². The predicted octanol–water partition coefficient (Wildman–Crippen LogP) is 6.47. The summed E-state index contributed by atoms with van der Waals surface area (Å²) in [7, 11) is -4.59. The zero-order chi connectivity index (χ0) is 35.1. The van der Waals surface area contributed by atoms with Crippen molar-refractivity contribution in [1.29, 1.82) is 0 Å². The van der Waals surface area contributed by atoms with E-state index >= 15 is 0 Å². The van der Waals surface area contributed by atoms with Gasteiger partial charge in [-0.25, -0.2) is 26.4 Å². The molecule has 2 aliphatic rings. The van der Waals surface area contributed by atoms with Crippen molar-refractivity contribution in [2.24, 2.45) is 0 Å². The molecular weight excluding hydrogens is 683 g/mol. The predicted molar refractivity (Wildman–Crippen MR) is 151 cm³/mol. The van der Waals surface area contributed by atoms with Crippen molar-refractivity contribution >= 4 is 15.9 Å². The molecule has 0 bridgehead atoms. The second-order valence-corrected chi connectivity index (χ2v) is 13.5. The Kier molecular flexibility index (Phi) is 9.53. The molecule has 0 N–H and O–H groups in total. The first kappa shape index (κ1) is 35.5. The molecule has 0 saturated carbocycles. The van der Waals surface area contributed by atoms with Gasteiger partial charge in [-0.3, -0.25) is 0 Å². The smallest absolute Gasteiger partial charge is 0.378 e. The lowest BCUT2D eigenvalue weighted by Crippen LogP contribution is -2.56. The summed E-state index contributed by atoms with van der Waals surface area (Å²) in [6, 6.07) is 7.49. The van der Waals surface area contributed by atoms with Crippen LogP contribution in [-0.4, -0.2) is 76.0 Å². The molecule has 0 spiro atoms. The summed E-state index contributed by atoms with van der Waals surface area (Å²) in [5.41, 5.74) is -8.07. The van der Waals surface area contributed by atoms with Crippen LogP contribution in [0.4, 0.5) is 44.3 Å². The molecule has 3 aromatic rings. The van der Waals surface area contributed by atoms with E-state index in [0.717, 1.165) is 42.5 Å². The molecule has 2 heterocycles. The van der Waals surface area contributed by atoms with Crippen LogP contribution in [0, 0.1) is 17.5 Å². The monoisotopic (exact) mass is 710 g/mol. The highest BCUT2D eigenvalue weighted by Crippen LogP contribution is 2.54. The SMILES string of the molecule is O=C(N1CCOCC1)N1CC[C@@](c2ccc(C(OCc3c(F)cccc3F)(C(F)(F)F)C(F)(F)F)cc2)(S(=O)(=O)c2ccc(F)cc2)C1. The number of hydrogen-bond acceptors (Lipinski definition) is 5. The zero-order valence-corrected chi connectivity index (χ0v) is 25.6. The first-order chi connectivity index (χ1) is 22.4. The number of benzene rings is 3. The first-order valence-corrected chi connectivity index (χ1v) is 15.9. The fraction of sp³-hybridized carbons (Fsp3) is 0.387. The molecule has 5 rings (SSSR count). The van der Waals surface area contributed by atoms with Crippen LogP contribution in [0.2, 0.25) is 0 Å². The number of nitrogens with zero attached hydrogens (tertiary/aromatic N) is 2. The van der Waals surface area contributed by atoms with Gasteiger partial charge in [0.05, 0.1) is 24.7 Å². The minimum Gasteiger partial charge on any atom is -0.378 e. The van der Waals surface area contributed by atoms with Crippen LogP contribution in [0.15, 0.2) is 71.6 Å². The fourth-order valence-electron chi connectivity index (χ4n) is 5.94. The van der Waals surface area contributed by atoms with Gasteiger partial charge >= 0.3 is 18.4 Å². The Morgan fingerprint density at radius 2 is 1.35 bits per heavy atom. The quantitative estimate of drug-likeness (QED) is 0.208. The maximum absolute atomic E-state index is 14.5. The van der Waals surface area contributed by atoms with Crippen molar-refractivity contribution in [1.82, 2.24) is 9.80 Å². The summed E-state index contributed by atoms with van der Waals surface area (Å²) in [5.74, 6) is -3.64. The average molecular weight is 711 g/mol. The Labute approximate surface area is 268 Å². The van der Waals surface area contributed by atoms with Crippen LogP contribution in [0.3, 0.4) is 0 Å². The van der Waals surface area contributed by atoms with Gasteiger partial charge in [-0.2, -0.15) is 26.3 Å². The lowest BCUT2D eigenvalue weighted by molar-refractivity contribution is -0.392. The van der Waals surface area contributed by atoms with Crippen LogP contribution in [0.1, 0.15) is 23.1 Å². The molecule has 0 unspecified atom stereocenters. The van der Waals surface area contributed by atoms with E-state index < -0.39 is 85.2 Å². The van der Waals surface area contributed by atoms with Crippen LogP contribution in [0.25, 0.3) is 0 Å². The van der Waals surface area contributed by atoms with Gasteiger partial charge in [0.25, 0.3) is 5.60 Å². The Balaban J connectivity index is 1.59. The number of morpholine rings is 1. The first-order valence-electron chi connectivity index (χ1n) is 14.4. The van der Waals surface area contributed by atoms with Crippen molar-refractivity contribution < 1.29 is 62.2 Å². The second kappa shape index (κ2) is 12.9. The molecule has 0 aliphatic carbocycles. The molecule has 2 amide bonds. The van der Waals surface area contributed by atoms with Crippen LogP contribution in [-0.2, 0) is 36.3 Å². The van der Waals surface area contributed by atoms with Crippen LogP contribution < -0.4 is 0 Å². The molecule has 7 nitrogen and oxygen atoms in total. The molecule has 2 fully saturated rings. The standard InChI is InChI=1S/C31H27F9N2O5S/c32-22-8-10-23(11-9-22)48(44,45)28(12-13-42(19-28)27(43)41-14-16-46-17-15-41)20-4-6-21(7-5-20)29(30(35,36)37,31(38,39)40)47-18-24-25(33)2-1-3-26(24)34/h1-11H,12-19H2/t28-/m1/s1. The van der Waals surface area contributed by atoms with E-state index in [0.29, 0.717) is 24.3 Å². The summed E-state index contributed by atoms with van der Waals surface area (Å²) in [6.45, 7) is -1.58. The van der Waals surface area contributed by atoms with Gasteiger partial charge in [-0.15, -0.1) is 0 Å². The Morgan fingerprint density at radius 1 is 0.792 bits per heavy atom. The van der Waals surface area contributed by atoms with Gasteiger partial charge < -0.3 is 19.3 Å². The molecule has 3 aromatic carbocycles. The maximum Gasteiger partial charge on any atom is 0.430 e. The number of alkyl halides is 6. The van der Waals surface area contributed by atoms with Gasteiger partial charge in [0, 0.05) is 37.3 Å². The number of sulfone groups is 1. The van der Waals surface area contributed by atoms with Crippen molar-refractivity contribution in [3.63, 3.8) is 0 Å². The number of hydrogen-bond donors (Lipinski definition) is 0. The summed E-state index contributed by atoms with van der Waals surface area (Å²) in [4.78, 5) is 15.5. The number of carbonyl (C=O) groups is 1. The molecule has 0 radical (unpaired) electrons. The second-order valence-electron chi connectivity index (χ2n) is 11.2. The molecule has 2 saturated heterocycles. The van der Waals surface area contributed by atoms with Crippen molar-refractivity contribution in [2.45, 2.75) is 40.6 Å². The fourth-order valence-corrected chi connectivity index (χ4v) is 8.02. The number of ether oxygens (including phenoxy) is 2. The number of amides is 2. The minimum atomic E-state index is -6.22. The number of rotatable bonds is 7. The lowest BCUT2D eigenvalue weighted by atomic mass is 9.88. The van der Waals surface area contributed by atoms with E-state index in [9.17, 15) is 52.7 Å². The minimum absolute atomic E-state index is 0.148. The van der Waals surface area contributed by atoms with Crippen LogP contribution >= 0.6 is 0 Å². The number of urea groups is 1. The normalized spacial score (nSPS) is 19.5. The summed E-state index contributed by atoms with van der Waals surface area (Å²) < 4.78 is 165. The third-order valence-electron chi connectivity index (χ3n) is 8.53. The van der Waals surface area contributed by atoms with E-state index in [1.54, 1.807) is 0 Å². The van der Waals surface area contributed by atoms with E-state index in [2.05, 4.69) is 4.74 Å². The van der Waals surface area contributed by atoms with E-state index in [-0.39, 0.29) is 44.8 Å². The average Bonchev–Trinajstić information content (AvgIpc) is 3.49. The topological polar surface area (TPSA) is 76.2 Å². The summed E-state index contributed by atoms with van der Waals surface area (Å²) in [6.07, 6.45) is -12.8. The molecule has 17 heteroatoms. The van der Waals surface area contributed by atoms with Gasteiger partial charge in [-0.05, 0) is 48.4 Å². The Morgan fingerprint density at radius 3 is 1.90 bits per heavy atom. The van der Waals surface area contributed by atoms with Crippen LogP contribution in [0.5, 0.6) is 0 Å². The number of carbonyl (C=O) groups excluding carboxylic acids is 1. The van der Waals surface area contributed by atoms with E-state index in [4.69, 9.17) is 4.74 Å². The number of halogens is 9. The van der Waals surface area contributed by atoms with Gasteiger partial charge in [0.15, 0.2) is 9.84 Å². The van der Waals surface area contributed by atoms with Crippen molar-refractivity contribution in [3.05, 3.63) is 101 Å².